The topological polar surface area (TPSA) is 72.2 Å². The van der Waals surface area contributed by atoms with E-state index in [1.54, 1.807) is 10.7 Å². The molecule has 0 fully saturated rings. The molecule has 0 aliphatic rings. The highest BCUT2D eigenvalue weighted by Crippen LogP contribution is 2.35. The maximum Gasteiger partial charge on any atom is 0.417 e. The second kappa shape index (κ2) is 8.55. The molecule has 0 spiro atoms. The monoisotopic (exact) mass is 411 g/mol. The van der Waals surface area contributed by atoms with Crippen LogP contribution >= 0.6 is 11.6 Å². The second-order valence-corrected chi connectivity index (χ2v) is 6.64. The molecule has 0 aliphatic heterocycles. The van der Waals surface area contributed by atoms with Crippen molar-refractivity contribution in [3.8, 4) is 0 Å². The fraction of sp³-hybridized carbons (Fsp3) is 0.333. The maximum absolute atomic E-state index is 12.9. The minimum Gasteiger partial charge on any atom is -0.356 e. The first kappa shape index (κ1) is 20.1. The summed E-state index contributed by atoms with van der Waals surface area (Å²) in [6.07, 6.45) is 2.16. The van der Waals surface area contributed by atoms with Crippen molar-refractivity contribution in [1.82, 2.24) is 24.9 Å². The average molecular weight is 412 g/mol. The Balaban J connectivity index is 1.42. The summed E-state index contributed by atoms with van der Waals surface area (Å²) in [6, 6.07) is 3.69. The van der Waals surface area contributed by atoms with Gasteiger partial charge in [-0.3, -0.25) is 4.79 Å². The Morgan fingerprint density at radius 3 is 2.79 bits per heavy atom. The van der Waals surface area contributed by atoms with E-state index in [-0.39, 0.29) is 23.8 Å². The predicted molar refractivity (Wildman–Crippen MR) is 96.9 cm³/mol. The average Bonchev–Trinajstić information content (AvgIpc) is 3.11. The van der Waals surface area contributed by atoms with Gasteiger partial charge in [0.05, 0.1) is 10.6 Å². The molecule has 28 heavy (non-hydrogen) atoms. The van der Waals surface area contributed by atoms with Gasteiger partial charge in [-0.05, 0) is 42.5 Å². The third-order valence-corrected chi connectivity index (χ3v) is 4.46. The highest BCUT2D eigenvalue weighted by Gasteiger charge is 2.33. The standard InChI is InChI=1S/C18H17ClF3N5O/c19-15-5-3-12(8-14(15)18(20,21)22)4-6-16(28)23-7-1-2-13-9-24-17-25-11-26-27(17)10-13/h3,5,8-11H,1-2,4,6-7H2,(H,23,28). The molecule has 0 saturated carbocycles. The molecular weight excluding hydrogens is 395 g/mol. The van der Waals surface area contributed by atoms with Gasteiger partial charge in [-0.15, -0.1) is 0 Å². The molecule has 0 saturated heterocycles. The maximum atomic E-state index is 12.9. The van der Waals surface area contributed by atoms with Crippen molar-refractivity contribution in [2.45, 2.75) is 31.9 Å². The molecule has 2 aromatic heterocycles. The zero-order chi connectivity index (χ0) is 20.1. The van der Waals surface area contributed by atoms with Crippen LogP contribution < -0.4 is 5.32 Å². The number of amides is 1. The summed E-state index contributed by atoms with van der Waals surface area (Å²) >= 11 is 5.59. The summed E-state index contributed by atoms with van der Waals surface area (Å²) in [4.78, 5) is 20.0. The number of hydrogen-bond donors (Lipinski definition) is 1. The Morgan fingerprint density at radius 2 is 2.00 bits per heavy atom. The summed E-state index contributed by atoms with van der Waals surface area (Å²) in [5.74, 6) is 0.307. The minimum atomic E-state index is -4.51. The van der Waals surface area contributed by atoms with Crippen molar-refractivity contribution in [3.05, 3.63) is 58.6 Å². The number of carbonyl (C=O) groups is 1. The highest BCUT2D eigenvalue weighted by molar-refractivity contribution is 6.31. The van der Waals surface area contributed by atoms with E-state index >= 15 is 0 Å². The number of nitrogens with one attached hydrogen (secondary N) is 1. The number of carbonyl (C=O) groups excluding carboxylic acids is 1. The fourth-order valence-electron chi connectivity index (χ4n) is 2.70. The summed E-state index contributed by atoms with van der Waals surface area (Å²) < 4.78 is 40.2. The molecule has 10 heteroatoms. The van der Waals surface area contributed by atoms with Gasteiger partial charge in [-0.1, -0.05) is 17.7 Å². The number of rotatable bonds is 7. The van der Waals surface area contributed by atoms with Gasteiger partial charge in [0.1, 0.15) is 6.33 Å². The zero-order valence-electron chi connectivity index (χ0n) is 14.7. The largest absolute Gasteiger partial charge is 0.417 e. The molecule has 0 atom stereocenters. The first-order valence-corrected chi connectivity index (χ1v) is 8.97. The first-order valence-electron chi connectivity index (χ1n) is 8.59. The number of alkyl halides is 3. The van der Waals surface area contributed by atoms with Crippen molar-refractivity contribution < 1.29 is 18.0 Å². The molecule has 3 rings (SSSR count). The molecule has 0 unspecified atom stereocenters. The van der Waals surface area contributed by atoms with E-state index < -0.39 is 11.7 Å². The highest BCUT2D eigenvalue weighted by atomic mass is 35.5. The van der Waals surface area contributed by atoms with Crippen LogP contribution in [-0.4, -0.2) is 32.0 Å². The Morgan fingerprint density at radius 1 is 1.18 bits per heavy atom. The van der Waals surface area contributed by atoms with Crippen molar-refractivity contribution in [2.75, 3.05) is 6.54 Å². The number of nitrogens with zero attached hydrogens (tertiary/aromatic N) is 4. The molecule has 148 valence electrons. The van der Waals surface area contributed by atoms with Crippen LogP contribution in [0.1, 0.15) is 29.5 Å². The van der Waals surface area contributed by atoms with E-state index in [0.29, 0.717) is 30.7 Å². The van der Waals surface area contributed by atoms with Gasteiger partial charge in [-0.25, -0.2) is 9.50 Å². The van der Waals surface area contributed by atoms with Gasteiger partial charge in [0.25, 0.3) is 5.78 Å². The van der Waals surface area contributed by atoms with Gasteiger partial charge in [0.15, 0.2) is 0 Å². The van der Waals surface area contributed by atoms with Gasteiger partial charge in [0, 0.05) is 25.4 Å². The van der Waals surface area contributed by atoms with Crippen LogP contribution in [0.15, 0.2) is 36.9 Å². The summed E-state index contributed by atoms with van der Waals surface area (Å²) in [5, 5.41) is 6.43. The van der Waals surface area contributed by atoms with Gasteiger partial charge >= 0.3 is 6.18 Å². The van der Waals surface area contributed by atoms with Crippen LogP contribution in [0.3, 0.4) is 0 Å². The molecule has 6 nitrogen and oxygen atoms in total. The van der Waals surface area contributed by atoms with Gasteiger partial charge in [-0.2, -0.15) is 23.3 Å². The molecule has 0 aliphatic carbocycles. The van der Waals surface area contributed by atoms with Crippen LogP contribution in [0.2, 0.25) is 5.02 Å². The first-order chi connectivity index (χ1) is 13.3. The molecule has 3 aromatic rings. The minimum absolute atomic E-state index is 0.103. The van der Waals surface area contributed by atoms with Gasteiger partial charge in [0.2, 0.25) is 5.91 Å². The van der Waals surface area contributed by atoms with E-state index in [1.165, 1.54) is 18.5 Å². The van der Waals surface area contributed by atoms with E-state index in [4.69, 9.17) is 11.6 Å². The Bertz CT molecular complexity index is 973. The van der Waals surface area contributed by atoms with Crippen LogP contribution in [0.5, 0.6) is 0 Å². The Kier molecular flexibility index (Phi) is 6.13. The lowest BCUT2D eigenvalue weighted by Gasteiger charge is -2.11. The van der Waals surface area contributed by atoms with E-state index in [1.807, 2.05) is 6.20 Å². The Labute approximate surface area is 163 Å². The molecule has 2 heterocycles. The molecule has 0 bridgehead atoms. The number of aromatic nitrogens is 4. The third-order valence-electron chi connectivity index (χ3n) is 4.13. The second-order valence-electron chi connectivity index (χ2n) is 6.23. The van der Waals surface area contributed by atoms with Crippen LogP contribution in [0, 0.1) is 0 Å². The summed E-state index contributed by atoms with van der Waals surface area (Å²) in [6.45, 7) is 0.461. The lowest BCUT2D eigenvalue weighted by molar-refractivity contribution is -0.137. The van der Waals surface area contributed by atoms with Crippen molar-refractivity contribution in [2.24, 2.45) is 0 Å². The predicted octanol–water partition coefficient (Wildman–Crippen LogP) is 3.48. The quantitative estimate of drug-likeness (QED) is 0.604. The number of hydrogen-bond acceptors (Lipinski definition) is 4. The summed E-state index contributed by atoms with van der Waals surface area (Å²) in [5.41, 5.74) is 0.497. The summed E-state index contributed by atoms with van der Waals surface area (Å²) in [7, 11) is 0. The fourth-order valence-corrected chi connectivity index (χ4v) is 2.92. The van der Waals surface area contributed by atoms with Crippen molar-refractivity contribution in [1.29, 1.82) is 0 Å². The number of benzene rings is 1. The van der Waals surface area contributed by atoms with Crippen molar-refractivity contribution in [3.63, 3.8) is 0 Å². The smallest absolute Gasteiger partial charge is 0.356 e. The normalized spacial score (nSPS) is 11.7. The molecule has 0 radical (unpaired) electrons. The zero-order valence-corrected chi connectivity index (χ0v) is 15.5. The van der Waals surface area contributed by atoms with E-state index in [9.17, 15) is 18.0 Å². The van der Waals surface area contributed by atoms with Crippen LogP contribution in [0.25, 0.3) is 5.78 Å². The van der Waals surface area contributed by atoms with Crippen LogP contribution in [-0.2, 0) is 23.8 Å². The van der Waals surface area contributed by atoms with Gasteiger partial charge < -0.3 is 5.32 Å². The molecule has 1 aromatic carbocycles. The Hall–Kier alpha value is -2.68. The lowest BCUT2D eigenvalue weighted by Crippen LogP contribution is -2.25. The molecule has 1 N–H and O–H groups in total. The van der Waals surface area contributed by atoms with Crippen LogP contribution in [0.4, 0.5) is 13.2 Å². The SMILES string of the molecule is O=C(CCc1ccc(Cl)c(C(F)(F)F)c1)NCCCc1cnc2ncnn2c1. The number of fused-ring (bicyclic) bond motifs is 1. The number of aryl methyl sites for hydroxylation is 2. The number of halogens is 4. The van der Waals surface area contributed by atoms with E-state index in [2.05, 4.69) is 20.4 Å². The molecular formula is C18H17ClF3N5O. The lowest BCUT2D eigenvalue weighted by atomic mass is 10.1. The third kappa shape index (κ3) is 5.19. The molecule has 1 amide bonds. The van der Waals surface area contributed by atoms with E-state index in [0.717, 1.165) is 11.6 Å². The van der Waals surface area contributed by atoms with Crippen molar-refractivity contribution >= 4 is 23.3 Å².